The summed E-state index contributed by atoms with van der Waals surface area (Å²) in [5.74, 6) is -0.0990. The summed E-state index contributed by atoms with van der Waals surface area (Å²) in [5, 5.41) is 1.19. The van der Waals surface area contributed by atoms with Crippen molar-refractivity contribution in [2.45, 2.75) is 38.8 Å². The number of nitrogens with one attached hydrogen (secondary N) is 1. The fourth-order valence-electron chi connectivity index (χ4n) is 4.56. The van der Waals surface area contributed by atoms with Crippen LogP contribution in [0, 0.1) is 6.92 Å². The molecule has 0 atom stereocenters. The van der Waals surface area contributed by atoms with Gasteiger partial charge in [0.15, 0.2) is 0 Å². The van der Waals surface area contributed by atoms with Crippen molar-refractivity contribution in [2.75, 3.05) is 13.1 Å². The fraction of sp³-hybridized carbons (Fsp3) is 0.267. The van der Waals surface area contributed by atoms with Gasteiger partial charge in [0.25, 0.3) is 5.91 Å². The van der Waals surface area contributed by atoms with Crippen LogP contribution in [0.3, 0.4) is 0 Å². The first-order valence-electron chi connectivity index (χ1n) is 12.4. The molecule has 0 bridgehead atoms. The molecule has 0 aliphatic heterocycles. The Morgan fingerprint density at radius 3 is 2.42 bits per heavy atom. The third kappa shape index (κ3) is 5.71. The summed E-state index contributed by atoms with van der Waals surface area (Å²) in [4.78, 5) is 34.0. The van der Waals surface area contributed by atoms with Gasteiger partial charge in [0.2, 0.25) is 5.91 Å². The van der Waals surface area contributed by atoms with E-state index in [1.54, 1.807) is 4.90 Å². The number of aromatic nitrogens is 1. The van der Waals surface area contributed by atoms with E-state index in [0.717, 1.165) is 34.8 Å². The molecule has 0 radical (unpaired) electrons. The lowest BCUT2D eigenvalue weighted by atomic mass is 10.1. The van der Waals surface area contributed by atoms with Gasteiger partial charge in [0, 0.05) is 46.3 Å². The van der Waals surface area contributed by atoms with E-state index in [1.165, 1.54) is 16.5 Å². The second-order valence-corrected chi connectivity index (χ2v) is 10.5. The number of carbonyl (C=O) groups excluding carboxylic acids is 2. The average molecular weight is 544 g/mol. The number of nitrogens with zero attached hydrogens (tertiary/aromatic N) is 2. The molecule has 184 valence electrons. The van der Waals surface area contributed by atoms with E-state index in [-0.39, 0.29) is 24.4 Å². The number of hydrogen-bond donors (Lipinski definition) is 1. The minimum Gasteiger partial charge on any atom is -0.361 e. The van der Waals surface area contributed by atoms with Crippen LogP contribution in [0.5, 0.6) is 0 Å². The largest absolute Gasteiger partial charge is 0.361 e. The van der Waals surface area contributed by atoms with Crippen molar-refractivity contribution >= 4 is 38.6 Å². The number of para-hydroxylation sites is 1. The summed E-state index contributed by atoms with van der Waals surface area (Å²) >= 11 is 3.43. The van der Waals surface area contributed by atoms with E-state index in [1.807, 2.05) is 47.5 Å². The van der Waals surface area contributed by atoms with Crippen molar-refractivity contribution in [3.05, 3.63) is 106 Å². The number of hydrogen-bond acceptors (Lipinski definition) is 2. The molecule has 0 unspecified atom stereocenters. The number of aryl methyl sites for hydroxylation is 1. The van der Waals surface area contributed by atoms with Gasteiger partial charge in [-0.15, -0.1) is 0 Å². The van der Waals surface area contributed by atoms with Crippen molar-refractivity contribution in [3.8, 4) is 0 Å². The van der Waals surface area contributed by atoms with Crippen LogP contribution in [-0.2, 0) is 17.8 Å². The molecule has 5 rings (SSSR count). The molecule has 5 nitrogen and oxygen atoms in total. The van der Waals surface area contributed by atoms with Gasteiger partial charge in [-0.1, -0.05) is 64.0 Å². The van der Waals surface area contributed by atoms with Crippen molar-refractivity contribution < 1.29 is 9.59 Å². The third-order valence-electron chi connectivity index (χ3n) is 6.82. The van der Waals surface area contributed by atoms with Crippen LogP contribution in [-0.4, -0.2) is 45.7 Å². The van der Waals surface area contributed by atoms with Crippen LogP contribution in [0.25, 0.3) is 10.9 Å². The van der Waals surface area contributed by atoms with Crippen LogP contribution in [0.15, 0.2) is 83.5 Å². The normalized spacial score (nSPS) is 13.1. The molecule has 1 heterocycles. The van der Waals surface area contributed by atoms with Gasteiger partial charge in [-0.05, 0) is 67.6 Å². The molecule has 1 aliphatic carbocycles. The number of amides is 2. The molecule has 1 aromatic heterocycles. The topological polar surface area (TPSA) is 56.4 Å². The molecule has 1 saturated carbocycles. The predicted molar refractivity (Wildman–Crippen MR) is 147 cm³/mol. The van der Waals surface area contributed by atoms with Gasteiger partial charge in [-0.3, -0.25) is 9.59 Å². The number of fused-ring (bicyclic) bond motifs is 1. The number of benzene rings is 3. The molecule has 2 amide bonds. The van der Waals surface area contributed by atoms with Gasteiger partial charge in [-0.25, -0.2) is 0 Å². The Morgan fingerprint density at radius 1 is 0.972 bits per heavy atom. The predicted octanol–water partition coefficient (Wildman–Crippen LogP) is 6.11. The molecular weight excluding hydrogens is 514 g/mol. The SMILES string of the molecule is Cc1ccc(CN(CCc2c[nH]c3ccccc23)C(=O)CN(C(=O)c2ccc(Br)cc2)C2CC2)cc1. The van der Waals surface area contributed by atoms with E-state index in [4.69, 9.17) is 0 Å². The molecule has 4 aromatic rings. The average Bonchev–Trinajstić information content (AvgIpc) is 3.65. The van der Waals surface area contributed by atoms with Gasteiger partial charge in [-0.2, -0.15) is 0 Å². The lowest BCUT2D eigenvalue weighted by Gasteiger charge is -2.28. The van der Waals surface area contributed by atoms with Gasteiger partial charge in [0.1, 0.15) is 6.54 Å². The fourth-order valence-corrected chi connectivity index (χ4v) is 4.82. The van der Waals surface area contributed by atoms with E-state index < -0.39 is 0 Å². The first-order chi connectivity index (χ1) is 17.5. The Balaban J connectivity index is 1.35. The molecule has 1 N–H and O–H groups in total. The Morgan fingerprint density at radius 2 is 1.69 bits per heavy atom. The summed E-state index contributed by atoms with van der Waals surface area (Å²) in [6, 6.07) is 24.0. The maximum atomic E-state index is 13.7. The van der Waals surface area contributed by atoms with Crippen molar-refractivity contribution in [1.82, 2.24) is 14.8 Å². The highest BCUT2D eigenvalue weighted by molar-refractivity contribution is 9.10. The standard InChI is InChI=1S/C30H30BrN3O2/c1-21-6-8-22(9-7-21)19-33(17-16-24-18-32-28-5-3-2-4-27(24)28)29(35)20-34(26-14-15-26)30(36)23-10-12-25(31)13-11-23/h2-13,18,26,32H,14-17,19-20H2,1H3. The van der Waals surface area contributed by atoms with Gasteiger partial charge >= 0.3 is 0 Å². The Hall–Kier alpha value is -3.38. The lowest BCUT2D eigenvalue weighted by molar-refractivity contribution is -0.132. The Labute approximate surface area is 220 Å². The van der Waals surface area contributed by atoms with Crippen molar-refractivity contribution in [1.29, 1.82) is 0 Å². The van der Waals surface area contributed by atoms with E-state index in [0.29, 0.717) is 18.7 Å². The summed E-state index contributed by atoms with van der Waals surface area (Å²) in [6.45, 7) is 3.26. The number of halogens is 1. The maximum Gasteiger partial charge on any atom is 0.254 e. The smallest absolute Gasteiger partial charge is 0.254 e. The summed E-state index contributed by atoms with van der Waals surface area (Å²) in [5.41, 5.74) is 5.18. The highest BCUT2D eigenvalue weighted by Gasteiger charge is 2.35. The van der Waals surface area contributed by atoms with E-state index in [9.17, 15) is 9.59 Å². The lowest BCUT2D eigenvalue weighted by Crippen LogP contribution is -2.44. The van der Waals surface area contributed by atoms with Crippen LogP contribution in [0.4, 0.5) is 0 Å². The van der Waals surface area contributed by atoms with Crippen LogP contribution in [0.2, 0.25) is 0 Å². The molecule has 0 spiro atoms. The Kier molecular flexibility index (Phi) is 7.23. The second kappa shape index (κ2) is 10.7. The van der Waals surface area contributed by atoms with Crippen LogP contribution in [0.1, 0.15) is 39.9 Å². The maximum absolute atomic E-state index is 13.7. The van der Waals surface area contributed by atoms with Crippen LogP contribution < -0.4 is 0 Å². The highest BCUT2D eigenvalue weighted by Crippen LogP contribution is 2.29. The summed E-state index contributed by atoms with van der Waals surface area (Å²) in [6.07, 6.45) is 4.67. The van der Waals surface area contributed by atoms with Gasteiger partial charge < -0.3 is 14.8 Å². The minimum atomic E-state index is -0.0785. The van der Waals surface area contributed by atoms with Crippen molar-refractivity contribution in [3.63, 3.8) is 0 Å². The second-order valence-electron chi connectivity index (χ2n) is 9.58. The highest BCUT2D eigenvalue weighted by atomic mass is 79.9. The number of H-pyrrole nitrogens is 1. The number of carbonyl (C=O) groups is 2. The first-order valence-corrected chi connectivity index (χ1v) is 13.2. The third-order valence-corrected chi connectivity index (χ3v) is 7.35. The molecule has 3 aromatic carbocycles. The Bertz CT molecular complexity index is 1360. The zero-order valence-electron chi connectivity index (χ0n) is 20.4. The molecule has 6 heteroatoms. The molecule has 1 fully saturated rings. The molecule has 36 heavy (non-hydrogen) atoms. The summed E-state index contributed by atoms with van der Waals surface area (Å²) in [7, 11) is 0. The van der Waals surface area contributed by atoms with E-state index in [2.05, 4.69) is 64.2 Å². The molecule has 1 aliphatic rings. The zero-order chi connectivity index (χ0) is 25.1. The number of aromatic amines is 1. The zero-order valence-corrected chi connectivity index (χ0v) is 22.0. The quantitative estimate of drug-likeness (QED) is 0.276. The molecule has 0 saturated heterocycles. The van der Waals surface area contributed by atoms with Crippen LogP contribution >= 0.6 is 15.9 Å². The van der Waals surface area contributed by atoms with E-state index >= 15 is 0 Å². The molecular formula is C30H30BrN3O2. The monoisotopic (exact) mass is 543 g/mol. The van der Waals surface area contributed by atoms with Gasteiger partial charge in [0.05, 0.1) is 0 Å². The summed E-state index contributed by atoms with van der Waals surface area (Å²) < 4.78 is 0.926. The first kappa shape index (κ1) is 24.3. The van der Waals surface area contributed by atoms with Crippen molar-refractivity contribution in [2.24, 2.45) is 0 Å². The minimum absolute atomic E-state index is 0.0206. The number of rotatable bonds is 9.